The summed E-state index contributed by atoms with van der Waals surface area (Å²) in [6.07, 6.45) is -7.22. The van der Waals surface area contributed by atoms with Gasteiger partial charge in [0.15, 0.2) is 0 Å². The molecule has 7 atom stereocenters. The first kappa shape index (κ1) is 23.8. The molecule has 1 amide bonds. The van der Waals surface area contributed by atoms with Crippen LogP contribution in [0.1, 0.15) is 12.8 Å². The predicted molar refractivity (Wildman–Crippen MR) is 86.3 cm³/mol. The Kier molecular flexibility index (Phi) is 7.94. The number of carbonyl (C=O) groups is 4. The number of carbonyl (C=O) groups excluding carboxylic acids is 2. The monoisotopic (exact) mass is 409 g/mol. The number of ether oxygens (including phenoxy) is 1. The van der Waals surface area contributed by atoms with Crippen LogP contribution in [0.2, 0.25) is 0 Å². The third kappa shape index (κ3) is 5.20. The SMILES string of the molecule is N[C@@H]1[C@@H](O)[C@H](O)[C@@H](CO)OC1(O)C(=O)[C@H](CC(=O)O)NC(=O)[C@@H](N)CC(=O)O. The molecule has 0 aromatic rings. The number of carboxylic acid groups (broad SMARTS) is 2. The maximum Gasteiger partial charge on any atom is 0.305 e. The van der Waals surface area contributed by atoms with Gasteiger partial charge < -0.3 is 52.2 Å². The van der Waals surface area contributed by atoms with Gasteiger partial charge in [-0.05, 0) is 0 Å². The van der Waals surface area contributed by atoms with Gasteiger partial charge in [0.05, 0.1) is 31.5 Å². The fourth-order valence-electron chi connectivity index (χ4n) is 2.60. The number of rotatable bonds is 9. The smallest absolute Gasteiger partial charge is 0.305 e. The number of nitrogens with two attached hydrogens (primary N) is 2. The maximum atomic E-state index is 12.7. The quantitative estimate of drug-likeness (QED) is 0.172. The van der Waals surface area contributed by atoms with E-state index in [0.29, 0.717) is 0 Å². The van der Waals surface area contributed by atoms with Gasteiger partial charge in [-0.1, -0.05) is 0 Å². The van der Waals surface area contributed by atoms with E-state index in [2.05, 4.69) is 0 Å². The number of hydrogen-bond donors (Lipinski definition) is 9. The summed E-state index contributed by atoms with van der Waals surface area (Å²) in [5.74, 6) is -8.78. The fraction of sp³-hybridized carbons (Fsp3) is 0.714. The molecule has 1 unspecified atom stereocenters. The van der Waals surface area contributed by atoms with Gasteiger partial charge >= 0.3 is 11.9 Å². The molecule has 0 aliphatic carbocycles. The van der Waals surface area contributed by atoms with E-state index in [1.54, 1.807) is 0 Å². The van der Waals surface area contributed by atoms with Crippen LogP contribution in [0.15, 0.2) is 0 Å². The molecule has 0 radical (unpaired) electrons. The van der Waals surface area contributed by atoms with Crippen LogP contribution in [0.3, 0.4) is 0 Å². The van der Waals surface area contributed by atoms with Crippen LogP contribution in [0.25, 0.3) is 0 Å². The number of amides is 1. The van der Waals surface area contributed by atoms with E-state index < -0.39 is 85.3 Å². The number of Topliss-reactive ketones (excluding diaryl/α,β-unsaturated/α-hetero) is 1. The standard InChI is InChI=1S/C14H23N3O11/c15-4(1-7(19)20)13(26)17-5(2-8(21)22)12(25)14(27)11(16)10(24)9(23)6(3-18)28-14/h4-6,9-11,18,23-24,27H,1-3,15-16H2,(H,17,26)(H,19,20)(H,21,22)/t4-,5-,6+,9+,10-,11+,14?/m0/s1. The molecule has 0 spiro atoms. The highest BCUT2D eigenvalue weighted by atomic mass is 16.7. The molecule has 1 saturated heterocycles. The van der Waals surface area contributed by atoms with Crippen molar-refractivity contribution < 1.29 is 54.6 Å². The molecule has 0 bridgehead atoms. The summed E-state index contributed by atoms with van der Waals surface area (Å²) < 4.78 is 4.90. The summed E-state index contributed by atoms with van der Waals surface area (Å²) >= 11 is 0. The van der Waals surface area contributed by atoms with Crippen LogP contribution in [0.4, 0.5) is 0 Å². The van der Waals surface area contributed by atoms with Crippen molar-refractivity contribution in [2.75, 3.05) is 6.61 Å². The first-order valence-electron chi connectivity index (χ1n) is 8.01. The van der Waals surface area contributed by atoms with Crippen LogP contribution in [-0.4, -0.2) is 103 Å². The minimum atomic E-state index is -3.07. The molecule has 160 valence electrons. The highest BCUT2D eigenvalue weighted by Gasteiger charge is 2.57. The zero-order valence-electron chi connectivity index (χ0n) is 14.5. The van der Waals surface area contributed by atoms with Crippen molar-refractivity contribution in [3.05, 3.63) is 0 Å². The molecule has 0 aromatic carbocycles. The van der Waals surface area contributed by atoms with E-state index in [4.69, 9.17) is 26.4 Å². The number of aliphatic carboxylic acids is 2. The summed E-state index contributed by atoms with van der Waals surface area (Å²) in [4.78, 5) is 46.3. The van der Waals surface area contributed by atoms with Crippen LogP contribution in [0, 0.1) is 0 Å². The molecule has 1 heterocycles. The first-order valence-corrected chi connectivity index (χ1v) is 8.01. The lowest BCUT2D eigenvalue weighted by atomic mass is 9.85. The number of ketones is 1. The van der Waals surface area contributed by atoms with Gasteiger partial charge in [0.2, 0.25) is 17.5 Å². The lowest BCUT2D eigenvalue weighted by Crippen LogP contribution is -2.73. The summed E-state index contributed by atoms with van der Waals surface area (Å²) in [7, 11) is 0. The van der Waals surface area contributed by atoms with Gasteiger partial charge in [-0.2, -0.15) is 0 Å². The first-order chi connectivity index (χ1) is 12.8. The molecule has 14 nitrogen and oxygen atoms in total. The van der Waals surface area contributed by atoms with Crippen molar-refractivity contribution in [3.63, 3.8) is 0 Å². The van der Waals surface area contributed by atoms with Crippen LogP contribution >= 0.6 is 0 Å². The Balaban J connectivity index is 3.12. The summed E-state index contributed by atoms with van der Waals surface area (Å²) in [5.41, 5.74) is 10.9. The molecule has 11 N–H and O–H groups in total. The largest absolute Gasteiger partial charge is 0.481 e. The Bertz CT molecular complexity index is 628. The Morgan fingerprint density at radius 2 is 1.61 bits per heavy atom. The van der Waals surface area contributed by atoms with Gasteiger partial charge in [-0.3, -0.25) is 19.2 Å². The average Bonchev–Trinajstić information content (AvgIpc) is 2.60. The Morgan fingerprint density at radius 3 is 2.07 bits per heavy atom. The molecule has 1 aliphatic rings. The molecule has 1 rings (SSSR count). The minimum absolute atomic E-state index is 0.822. The van der Waals surface area contributed by atoms with Crippen molar-refractivity contribution in [3.8, 4) is 0 Å². The Hall–Kier alpha value is -2.20. The summed E-state index contributed by atoms with van der Waals surface area (Å²) in [6, 6.07) is -5.56. The zero-order chi connectivity index (χ0) is 21.8. The van der Waals surface area contributed by atoms with E-state index >= 15 is 0 Å². The van der Waals surface area contributed by atoms with Gasteiger partial charge in [0.25, 0.3) is 0 Å². The lowest BCUT2D eigenvalue weighted by molar-refractivity contribution is -0.298. The molecule has 1 fully saturated rings. The normalized spacial score (nSPS) is 32.2. The molecule has 14 heteroatoms. The molecule has 0 aromatic heterocycles. The highest BCUT2D eigenvalue weighted by molar-refractivity contribution is 5.98. The van der Waals surface area contributed by atoms with E-state index in [1.807, 2.05) is 5.32 Å². The van der Waals surface area contributed by atoms with Crippen LogP contribution in [0.5, 0.6) is 0 Å². The van der Waals surface area contributed by atoms with Crippen LogP contribution < -0.4 is 16.8 Å². The maximum absolute atomic E-state index is 12.7. The van der Waals surface area contributed by atoms with E-state index in [9.17, 15) is 39.6 Å². The Labute approximate surface area is 157 Å². The van der Waals surface area contributed by atoms with E-state index in [1.165, 1.54) is 0 Å². The highest BCUT2D eigenvalue weighted by Crippen LogP contribution is 2.29. The number of aliphatic hydroxyl groups excluding tert-OH is 3. The number of carboxylic acids is 2. The van der Waals surface area contributed by atoms with Gasteiger partial charge in [-0.15, -0.1) is 0 Å². The predicted octanol–water partition coefficient (Wildman–Crippen LogP) is -5.55. The number of hydrogen-bond acceptors (Lipinski definition) is 11. The molecular formula is C14H23N3O11. The Morgan fingerprint density at radius 1 is 1.07 bits per heavy atom. The molecule has 1 aliphatic heterocycles. The summed E-state index contributed by atoms with van der Waals surface area (Å²) in [5, 5.41) is 58.8. The topological polar surface area (TPSA) is 263 Å². The second-order valence-corrected chi connectivity index (χ2v) is 6.27. The van der Waals surface area contributed by atoms with Gasteiger partial charge in [0, 0.05) is 0 Å². The molecular weight excluding hydrogens is 386 g/mol. The second-order valence-electron chi connectivity index (χ2n) is 6.27. The molecule has 28 heavy (non-hydrogen) atoms. The van der Waals surface area contributed by atoms with Crippen LogP contribution in [-0.2, 0) is 23.9 Å². The van der Waals surface area contributed by atoms with E-state index in [0.717, 1.165) is 0 Å². The number of nitrogens with one attached hydrogen (secondary N) is 1. The van der Waals surface area contributed by atoms with Crippen molar-refractivity contribution in [1.29, 1.82) is 0 Å². The summed E-state index contributed by atoms with van der Waals surface area (Å²) in [6.45, 7) is -0.931. The van der Waals surface area contributed by atoms with Crippen molar-refractivity contribution >= 4 is 23.6 Å². The van der Waals surface area contributed by atoms with Crippen molar-refractivity contribution in [1.82, 2.24) is 5.32 Å². The third-order valence-electron chi connectivity index (χ3n) is 4.16. The third-order valence-corrected chi connectivity index (χ3v) is 4.16. The fourth-order valence-corrected chi connectivity index (χ4v) is 2.60. The lowest BCUT2D eigenvalue weighted by Gasteiger charge is -2.46. The van der Waals surface area contributed by atoms with Gasteiger partial charge in [0.1, 0.15) is 24.4 Å². The van der Waals surface area contributed by atoms with Crippen molar-refractivity contribution in [2.24, 2.45) is 11.5 Å². The minimum Gasteiger partial charge on any atom is -0.481 e. The zero-order valence-corrected chi connectivity index (χ0v) is 14.5. The second kappa shape index (κ2) is 9.33. The average molecular weight is 409 g/mol. The van der Waals surface area contributed by atoms with Gasteiger partial charge in [-0.25, -0.2) is 0 Å². The van der Waals surface area contributed by atoms with E-state index in [-0.39, 0.29) is 0 Å². The molecule has 0 saturated carbocycles. The number of aliphatic hydroxyl groups is 4. The van der Waals surface area contributed by atoms with Crippen molar-refractivity contribution in [2.45, 2.75) is 55.1 Å².